The summed E-state index contributed by atoms with van der Waals surface area (Å²) in [6.07, 6.45) is 11.6. The minimum atomic E-state index is -1.01. The van der Waals surface area contributed by atoms with Gasteiger partial charge in [0.25, 0.3) is 23.6 Å². The number of hydrogen-bond donors (Lipinski definition) is 4. The van der Waals surface area contributed by atoms with E-state index < -0.39 is 29.7 Å². The van der Waals surface area contributed by atoms with Crippen molar-refractivity contribution >= 4 is 63.8 Å². The zero-order valence-electron chi connectivity index (χ0n) is 31.0. The number of anilines is 3. The van der Waals surface area contributed by atoms with Crippen molar-refractivity contribution in [1.82, 2.24) is 35.0 Å². The molecule has 6 amide bonds. The molecule has 7 rings (SSSR count). The Morgan fingerprint density at radius 3 is 2.38 bits per heavy atom. The predicted octanol–water partition coefficient (Wildman–Crippen LogP) is 4.80. The summed E-state index contributed by atoms with van der Waals surface area (Å²) < 4.78 is 2.13. The lowest BCUT2D eigenvalue weighted by Crippen LogP contribution is -2.54. The van der Waals surface area contributed by atoms with Crippen LogP contribution in [0.3, 0.4) is 0 Å². The number of imide groups is 2. The van der Waals surface area contributed by atoms with Crippen LogP contribution in [0, 0.1) is 0 Å². The molecule has 1 atom stereocenters. The predicted molar refractivity (Wildman–Crippen MR) is 205 cm³/mol. The van der Waals surface area contributed by atoms with E-state index in [1.807, 2.05) is 18.3 Å². The van der Waals surface area contributed by atoms with Crippen molar-refractivity contribution in [3.63, 3.8) is 0 Å². The topological polar surface area (TPSA) is 188 Å². The molecule has 2 aliphatic heterocycles. The second-order valence-corrected chi connectivity index (χ2v) is 14.5. The van der Waals surface area contributed by atoms with Crippen LogP contribution in [-0.2, 0) is 9.59 Å². The summed E-state index contributed by atoms with van der Waals surface area (Å²) in [6, 6.07) is 11.4. The number of amides is 6. The van der Waals surface area contributed by atoms with E-state index in [1.54, 1.807) is 55.5 Å². The van der Waals surface area contributed by atoms with Gasteiger partial charge in [0.05, 0.1) is 22.1 Å². The fourth-order valence-electron chi connectivity index (χ4n) is 7.59. The Labute approximate surface area is 318 Å². The number of nitrogens with one attached hydrogen (secondary N) is 4. The van der Waals surface area contributed by atoms with Gasteiger partial charge in [-0.05, 0) is 68.5 Å². The van der Waals surface area contributed by atoms with E-state index in [2.05, 4.69) is 30.8 Å². The summed E-state index contributed by atoms with van der Waals surface area (Å²) in [5.41, 5.74) is 3.62. The Kier molecular flexibility index (Phi) is 10.9. The van der Waals surface area contributed by atoms with Crippen molar-refractivity contribution < 1.29 is 28.8 Å². The molecule has 15 nitrogen and oxygen atoms in total. The number of aromatic nitrogens is 3. The van der Waals surface area contributed by atoms with E-state index in [9.17, 15) is 28.8 Å². The summed E-state index contributed by atoms with van der Waals surface area (Å²) in [5, 5.41) is 12.4. The number of unbranched alkanes of at least 4 members (excludes halogenated alkanes) is 3. The smallest absolute Gasteiger partial charge is 0.264 e. The quantitative estimate of drug-likeness (QED) is 0.103. The largest absolute Gasteiger partial charge is 0.384 e. The van der Waals surface area contributed by atoms with Crippen LogP contribution in [-0.4, -0.2) is 93.0 Å². The fourth-order valence-corrected chi connectivity index (χ4v) is 7.59. The highest BCUT2D eigenvalue weighted by atomic mass is 16.2. The summed E-state index contributed by atoms with van der Waals surface area (Å²) >= 11 is 0. The molecule has 2 fully saturated rings. The summed E-state index contributed by atoms with van der Waals surface area (Å²) in [7, 11) is 3.48. The summed E-state index contributed by atoms with van der Waals surface area (Å²) in [4.78, 5) is 87.9. The number of benzene rings is 2. The van der Waals surface area contributed by atoms with Crippen molar-refractivity contribution in [2.24, 2.45) is 0 Å². The van der Waals surface area contributed by atoms with Crippen LogP contribution in [0.25, 0.3) is 11.0 Å². The number of carbonyl (C=O) groups excluding carboxylic acids is 6. The van der Waals surface area contributed by atoms with Gasteiger partial charge >= 0.3 is 0 Å². The number of rotatable bonds is 14. The van der Waals surface area contributed by atoms with E-state index in [0.717, 1.165) is 73.0 Å². The third kappa shape index (κ3) is 7.77. The molecule has 1 unspecified atom stereocenters. The molecule has 4 N–H and O–H groups in total. The normalized spacial score (nSPS) is 17.1. The van der Waals surface area contributed by atoms with Gasteiger partial charge < -0.3 is 25.4 Å². The minimum absolute atomic E-state index is 0.0687. The first-order chi connectivity index (χ1) is 26.6. The molecule has 55 heavy (non-hydrogen) atoms. The molecule has 1 saturated heterocycles. The van der Waals surface area contributed by atoms with Crippen LogP contribution in [0.2, 0.25) is 0 Å². The van der Waals surface area contributed by atoms with Gasteiger partial charge in [-0.2, -0.15) is 4.98 Å². The molecule has 0 radical (unpaired) electrons. The van der Waals surface area contributed by atoms with Crippen LogP contribution in [0.1, 0.15) is 112 Å². The molecule has 0 spiro atoms. The molecule has 2 aromatic carbocycles. The highest BCUT2D eigenvalue weighted by Gasteiger charge is 2.45. The third-order valence-corrected chi connectivity index (χ3v) is 10.5. The van der Waals surface area contributed by atoms with Crippen molar-refractivity contribution in [3.05, 3.63) is 77.1 Å². The molecule has 1 saturated carbocycles. The molecule has 3 aliphatic rings. The van der Waals surface area contributed by atoms with Gasteiger partial charge in [-0.1, -0.05) is 31.7 Å². The molecular formula is C40H45N9O6. The van der Waals surface area contributed by atoms with E-state index >= 15 is 0 Å². The van der Waals surface area contributed by atoms with Crippen molar-refractivity contribution in [3.8, 4) is 0 Å². The number of carbonyl (C=O) groups is 6. The van der Waals surface area contributed by atoms with Gasteiger partial charge in [0.15, 0.2) is 0 Å². The van der Waals surface area contributed by atoms with Gasteiger partial charge in [0.1, 0.15) is 11.7 Å². The van der Waals surface area contributed by atoms with E-state index in [0.29, 0.717) is 41.9 Å². The Balaban J connectivity index is 0.851. The van der Waals surface area contributed by atoms with Crippen LogP contribution < -0.4 is 21.3 Å². The minimum Gasteiger partial charge on any atom is -0.384 e. The zero-order valence-corrected chi connectivity index (χ0v) is 31.0. The van der Waals surface area contributed by atoms with Gasteiger partial charge in [-0.25, -0.2) is 4.98 Å². The van der Waals surface area contributed by atoms with Gasteiger partial charge in [0.2, 0.25) is 17.8 Å². The number of hydrogen-bond acceptors (Lipinski definition) is 10. The van der Waals surface area contributed by atoms with Crippen LogP contribution in [0.15, 0.2) is 54.9 Å². The second kappa shape index (κ2) is 16.1. The lowest BCUT2D eigenvalue weighted by atomic mass is 10.0. The number of fused-ring (bicyclic) bond motifs is 2. The van der Waals surface area contributed by atoms with Gasteiger partial charge in [-0.15, -0.1) is 0 Å². The van der Waals surface area contributed by atoms with Crippen LogP contribution >= 0.6 is 0 Å². The Morgan fingerprint density at radius 2 is 1.65 bits per heavy atom. The Bertz CT molecular complexity index is 2160. The number of nitrogens with zero attached hydrogens (tertiary/aromatic N) is 5. The van der Waals surface area contributed by atoms with E-state index in [1.165, 1.54) is 0 Å². The number of piperidine rings is 1. The maximum atomic E-state index is 13.3. The maximum absolute atomic E-state index is 13.3. The second-order valence-electron chi connectivity index (χ2n) is 14.5. The highest BCUT2D eigenvalue weighted by Crippen LogP contribution is 2.35. The third-order valence-electron chi connectivity index (χ3n) is 10.5. The molecule has 2 aromatic heterocycles. The van der Waals surface area contributed by atoms with E-state index in [4.69, 9.17) is 4.98 Å². The maximum Gasteiger partial charge on any atom is 0.264 e. The zero-order chi connectivity index (χ0) is 38.6. The van der Waals surface area contributed by atoms with Crippen LogP contribution in [0.5, 0.6) is 0 Å². The first-order valence-electron chi connectivity index (χ1n) is 18.9. The SMILES string of the molecule is CN(C)C(=O)c1cn(C2CCCC2)c2nc(Nc3ccc(C(=O)NCCCCCCNc4cccc5c4C(=O)N(C4CCC(=O)NC4=O)C5=O)cc3)ncc12. The monoisotopic (exact) mass is 747 g/mol. The average Bonchev–Trinajstić information content (AvgIpc) is 3.90. The molecule has 0 bridgehead atoms. The highest BCUT2D eigenvalue weighted by molar-refractivity contribution is 6.25. The Hall–Kier alpha value is -6.12. The lowest BCUT2D eigenvalue weighted by Gasteiger charge is -2.27. The molecule has 4 aromatic rings. The molecule has 4 heterocycles. The average molecular weight is 748 g/mol. The molecule has 286 valence electrons. The molecular weight excluding hydrogens is 702 g/mol. The lowest BCUT2D eigenvalue weighted by molar-refractivity contribution is -0.136. The molecule has 15 heteroatoms. The summed E-state index contributed by atoms with van der Waals surface area (Å²) in [5.74, 6) is -1.95. The van der Waals surface area contributed by atoms with Crippen LogP contribution in [0.4, 0.5) is 17.3 Å². The molecule has 1 aliphatic carbocycles. The van der Waals surface area contributed by atoms with Crippen molar-refractivity contribution in [2.45, 2.75) is 76.3 Å². The standard InChI is InChI=1S/C40H45N9O6/c1-47(2)37(53)29-23-48(26-10-5-6-11-26)34-28(29)22-43-40(46-34)44-25-16-14-24(15-17-25)35(51)42-21-8-4-3-7-20-41-30-13-9-12-27-33(30)39(55)49(38(27)54)31-18-19-32(50)45-36(31)52/h9,12-17,22-23,26,31,41H,3-8,10-11,18-21H2,1-2H3,(H,42,51)(H,43,44,46)(H,45,50,52). The summed E-state index contributed by atoms with van der Waals surface area (Å²) in [6.45, 7) is 1.10. The van der Waals surface area contributed by atoms with Crippen molar-refractivity contribution in [2.75, 3.05) is 37.8 Å². The van der Waals surface area contributed by atoms with Gasteiger partial charge in [-0.3, -0.25) is 39.0 Å². The van der Waals surface area contributed by atoms with E-state index in [-0.39, 0.29) is 35.8 Å². The fraction of sp³-hybridized carbons (Fsp3) is 0.400. The first-order valence-corrected chi connectivity index (χ1v) is 18.9. The Morgan fingerprint density at radius 1 is 0.909 bits per heavy atom. The first kappa shape index (κ1) is 37.2. The van der Waals surface area contributed by atoms with Crippen molar-refractivity contribution in [1.29, 1.82) is 0 Å². The van der Waals surface area contributed by atoms with Gasteiger partial charge in [0, 0.05) is 69.0 Å².